The summed E-state index contributed by atoms with van der Waals surface area (Å²) in [5.74, 6) is -0.306. The lowest BCUT2D eigenvalue weighted by Gasteiger charge is -2.28. The fourth-order valence-electron chi connectivity index (χ4n) is 3.41. The maximum Gasteiger partial charge on any atom is 0.243 e. The van der Waals surface area contributed by atoms with Crippen LogP contribution in [0.25, 0.3) is 0 Å². The maximum absolute atomic E-state index is 13.8. The highest BCUT2D eigenvalue weighted by atomic mass is 32.2. The van der Waals surface area contributed by atoms with Gasteiger partial charge >= 0.3 is 0 Å². The number of hydrogen-bond acceptors (Lipinski definition) is 4. The van der Waals surface area contributed by atoms with E-state index in [0.29, 0.717) is 30.8 Å². The zero-order valence-corrected chi connectivity index (χ0v) is 17.6. The van der Waals surface area contributed by atoms with Crippen molar-refractivity contribution in [3.63, 3.8) is 0 Å². The molecule has 4 rings (SSSR count). The molecule has 0 aliphatic carbocycles. The molecule has 1 aliphatic rings. The minimum absolute atomic E-state index is 0.217. The van der Waals surface area contributed by atoms with Crippen LogP contribution in [0.4, 0.5) is 4.39 Å². The Kier molecular flexibility index (Phi) is 6.66. The summed E-state index contributed by atoms with van der Waals surface area (Å²) in [5, 5.41) is 9.44. The van der Waals surface area contributed by atoms with Crippen molar-refractivity contribution in [3.8, 4) is 0 Å². The summed E-state index contributed by atoms with van der Waals surface area (Å²) in [6.45, 7) is 1.08. The monoisotopic (exact) mass is 438 g/mol. The second-order valence-corrected chi connectivity index (χ2v) is 8.65. The molecule has 1 fully saturated rings. The third-order valence-electron chi connectivity index (χ3n) is 5.15. The Morgan fingerprint density at radius 3 is 2.65 bits per heavy atom. The summed E-state index contributed by atoms with van der Waals surface area (Å²) in [6.07, 6.45) is 3.96. The van der Waals surface area contributed by atoms with Crippen LogP contribution in [0, 0.1) is 5.82 Å². The molecule has 2 N–H and O–H groups in total. The van der Waals surface area contributed by atoms with Crippen LogP contribution in [-0.2, 0) is 29.1 Å². The third kappa shape index (κ3) is 5.52. The van der Waals surface area contributed by atoms with E-state index in [9.17, 15) is 14.0 Å². The van der Waals surface area contributed by atoms with Gasteiger partial charge in [-0.15, -0.1) is 11.8 Å². The van der Waals surface area contributed by atoms with Crippen LogP contribution in [0.2, 0.25) is 0 Å². The number of hydrogen-bond donors (Lipinski definition) is 2. The van der Waals surface area contributed by atoms with Crippen LogP contribution >= 0.6 is 11.8 Å². The van der Waals surface area contributed by atoms with E-state index in [1.165, 1.54) is 17.8 Å². The minimum Gasteiger partial charge on any atom is -0.350 e. The quantitative estimate of drug-likeness (QED) is 0.595. The van der Waals surface area contributed by atoms with Gasteiger partial charge in [-0.2, -0.15) is 5.10 Å². The normalized spacial score (nSPS) is 18.4. The van der Waals surface area contributed by atoms with Crippen molar-refractivity contribution < 1.29 is 14.0 Å². The van der Waals surface area contributed by atoms with Gasteiger partial charge in [-0.1, -0.05) is 42.5 Å². The van der Waals surface area contributed by atoms with E-state index in [4.69, 9.17) is 0 Å². The van der Waals surface area contributed by atoms with Gasteiger partial charge < -0.3 is 10.6 Å². The van der Waals surface area contributed by atoms with Crippen molar-refractivity contribution in [2.24, 2.45) is 0 Å². The molecule has 0 radical (unpaired) electrons. The molecular weight excluding hydrogens is 415 g/mol. The molecule has 2 atom stereocenters. The van der Waals surface area contributed by atoms with E-state index in [1.54, 1.807) is 24.4 Å². The second kappa shape index (κ2) is 9.78. The molecule has 1 saturated heterocycles. The highest BCUT2D eigenvalue weighted by molar-refractivity contribution is 8.00. The molecule has 1 aliphatic heterocycles. The molecule has 0 spiro atoms. The van der Waals surface area contributed by atoms with Crippen LogP contribution in [0.3, 0.4) is 0 Å². The number of nitrogens with zero attached hydrogens (tertiary/aromatic N) is 2. The van der Waals surface area contributed by atoms with Gasteiger partial charge in [0, 0.05) is 24.7 Å². The number of benzene rings is 2. The van der Waals surface area contributed by atoms with Crippen molar-refractivity contribution in [1.82, 2.24) is 20.4 Å². The molecule has 0 unspecified atom stereocenters. The molecule has 8 heteroatoms. The Morgan fingerprint density at radius 1 is 1.16 bits per heavy atom. The minimum atomic E-state index is -0.589. The fourth-order valence-corrected chi connectivity index (χ4v) is 4.58. The number of carbonyl (C=O) groups excluding carboxylic acids is 2. The Bertz CT molecular complexity index is 1040. The summed E-state index contributed by atoms with van der Waals surface area (Å²) >= 11 is 1.39. The zero-order valence-electron chi connectivity index (χ0n) is 16.8. The van der Waals surface area contributed by atoms with Crippen molar-refractivity contribution in [2.75, 3.05) is 5.75 Å². The number of aromatic nitrogens is 2. The van der Waals surface area contributed by atoms with Crippen molar-refractivity contribution in [2.45, 2.75) is 30.8 Å². The SMILES string of the molecule is O=C1N[C@@H](C(=O)NCc2ccc(Cn3cccn3)cc2)CS[C@H]1Cc1ccccc1F. The highest BCUT2D eigenvalue weighted by Crippen LogP contribution is 2.23. The highest BCUT2D eigenvalue weighted by Gasteiger charge is 2.32. The average Bonchev–Trinajstić information content (AvgIpc) is 3.29. The molecule has 2 amide bonds. The summed E-state index contributed by atoms with van der Waals surface area (Å²) < 4.78 is 15.7. The Balaban J connectivity index is 1.25. The molecule has 0 saturated carbocycles. The van der Waals surface area contributed by atoms with E-state index in [-0.39, 0.29) is 17.6 Å². The Labute approximate surface area is 184 Å². The average molecular weight is 439 g/mol. The van der Waals surface area contributed by atoms with E-state index in [0.717, 1.165) is 11.1 Å². The standard InChI is InChI=1S/C23H23FN4O2S/c24-19-5-2-1-4-18(19)12-21-23(30)27-20(15-31-21)22(29)25-13-16-6-8-17(9-7-16)14-28-11-3-10-26-28/h1-11,20-21H,12-15H2,(H,25,29)(H,27,30)/t20-,21+/m1/s1. The second-order valence-electron chi connectivity index (χ2n) is 7.42. The first-order chi connectivity index (χ1) is 15.1. The number of rotatable bonds is 7. The van der Waals surface area contributed by atoms with Gasteiger partial charge in [-0.05, 0) is 35.2 Å². The first kappa shape index (κ1) is 21.1. The van der Waals surface area contributed by atoms with Gasteiger partial charge in [0.1, 0.15) is 11.9 Å². The Morgan fingerprint density at radius 2 is 1.94 bits per heavy atom. The first-order valence-electron chi connectivity index (χ1n) is 10.1. The number of halogens is 1. The summed E-state index contributed by atoms with van der Waals surface area (Å²) in [6, 6.07) is 15.7. The topological polar surface area (TPSA) is 76.0 Å². The van der Waals surface area contributed by atoms with E-state index >= 15 is 0 Å². The third-order valence-corrected chi connectivity index (χ3v) is 6.46. The van der Waals surface area contributed by atoms with Crippen molar-refractivity contribution in [1.29, 1.82) is 0 Å². The van der Waals surface area contributed by atoms with Crippen LogP contribution in [0.1, 0.15) is 16.7 Å². The summed E-state index contributed by atoms with van der Waals surface area (Å²) in [7, 11) is 0. The maximum atomic E-state index is 13.8. The van der Waals surface area contributed by atoms with E-state index in [2.05, 4.69) is 15.7 Å². The predicted octanol–water partition coefficient (Wildman–Crippen LogP) is 2.53. The molecule has 3 aromatic rings. The number of nitrogens with one attached hydrogen (secondary N) is 2. The molecular formula is C23H23FN4O2S. The summed E-state index contributed by atoms with van der Waals surface area (Å²) in [5.41, 5.74) is 2.61. The van der Waals surface area contributed by atoms with Crippen molar-refractivity contribution in [3.05, 3.63) is 89.5 Å². The van der Waals surface area contributed by atoms with Crippen LogP contribution < -0.4 is 10.6 Å². The number of thioether (sulfide) groups is 1. The van der Waals surface area contributed by atoms with Crippen molar-refractivity contribution >= 4 is 23.6 Å². The lowest BCUT2D eigenvalue weighted by molar-refractivity contribution is -0.128. The van der Waals surface area contributed by atoms with Gasteiger partial charge in [0.15, 0.2) is 0 Å². The molecule has 6 nitrogen and oxygen atoms in total. The van der Waals surface area contributed by atoms with E-state index < -0.39 is 11.3 Å². The number of amides is 2. The largest absolute Gasteiger partial charge is 0.350 e. The zero-order chi connectivity index (χ0) is 21.6. The first-order valence-corrected chi connectivity index (χ1v) is 11.1. The molecule has 2 heterocycles. The predicted molar refractivity (Wildman–Crippen MR) is 118 cm³/mol. The van der Waals surface area contributed by atoms with Crippen LogP contribution in [-0.4, -0.2) is 38.6 Å². The lowest BCUT2D eigenvalue weighted by atomic mass is 10.1. The smallest absolute Gasteiger partial charge is 0.243 e. The molecule has 1 aromatic heterocycles. The van der Waals surface area contributed by atoms with Gasteiger partial charge in [-0.3, -0.25) is 14.3 Å². The fraction of sp³-hybridized carbons (Fsp3) is 0.261. The molecule has 31 heavy (non-hydrogen) atoms. The van der Waals surface area contributed by atoms with Gasteiger partial charge in [0.2, 0.25) is 11.8 Å². The van der Waals surface area contributed by atoms with Crippen LogP contribution in [0.15, 0.2) is 67.0 Å². The molecule has 0 bridgehead atoms. The van der Waals surface area contributed by atoms with Gasteiger partial charge in [0.25, 0.3) is 0 Å². The molecule has 2 aromatic carbocycles. The Hall–Kier alpha value is -3.13. The number of carbonyl (C=O) groups is 2. The lowest BCUT2D eigenvalue weighted by Crippen LogP contribution is -2.54. The van der Waals surface area contributed by atoms with Gasteiger partial charge in [0.05, 0.1) is 11.8 Å². The summed E-state index contributed by atoms with van der Waals surface area (Å²) in [4.78, 5) is 24.9. The molecule has 160 valence electrons. The van der Waals surface area contributed by atoms with Gasteiger partial charge in [-0.25, -0.2) is 4.39 Å². The van der Waals surface area contributed by atoms with Crippen LogP contribution in [0.5, 0.6) is 0 Å². The van der Waals surface area contributed by atoms with E-state index in [1.807, 2.05) is 41.2 Å².